The van der Waals surface area contributed by atoms with Crippen LogP contribution in [0.4, 0.5) is 0 Å². The Morgan fingerprint density at radius 3 is 1.22 bits per heavy atom. The molecule has 4 saturated heterocycles. The van der Waals surface area contributed by atoms with Gasteiger partial charge in [-0.05, 0) is 78.7 Å². The quantitative estimate of drug-likeness (QED) is 0.467. The fraction of sp³-hybridized carbons (Fsp3) is 0.846. The van der Waals surface area contributed by atoms with Gasteiger partial charge >= 0.3 is 0 Å². The lowest BCUT2D eigenvalue weighted by Crippen LogP contribution is -2.54. The van der Waals surface area contributed by atoms with E-state index in [2.05, 4.69) is 0 Å². The summed E-state index contributed by atoms with van der Waals surface area (Å²) in [5, 5.41) is 20.2. The van der Waals surface area contributed by atoms with Crippen molar-refractivity contribution in [3.05, 3.63) is 23.3 Å². The van der Waals surface area contributed by atoms with Gasteiger partial charge in [-0.3, -0.25) is 0 Å². The van der Waals surface area contributed by atoms with E-state index in [-0.39, 0.29) is 36.6 Å². The van der Waals surface area contributed by atoms with Crippen LogP contribution in [0, 0.1) is 0 Å². The molecule has 2 N–H and O–H groups in total. The van der Waals surface area contributed by atoms with Gasteiger partial charge in [-0.1, -0.05) is 0 Å². The Hall–Kier alpha value is -0.920. The molecular formula is C26H40O10. The highest BCUT2D eigenvalue weighted by Crippen LogP contribution is 2.43. The number of hydrogen-bond donors (Lipinski definition) is 2. The maximum absolute atomic E-state index is 10.1. The molecule has 0 amide bonds. The molecule has 6 aliphatic rings. The Balaban J connectivity index is 0.000000148. The molecule has 0 bridgehead atoms. The molecule has 4 fully saturated rings. The summed E-state index contributed by atoms with van der Waals surface area (Å²) in [7, 11) is 0. The molecule has 4 heterocycles. The summed E-state index contributed by atoms with van der Waals surface area (Å²) in [5.74, 6) is -2.65. The second-order valence-electron chi connectivity index (χ2n) is 12.0. The van der Waals surface area contributed by atoms with E-state index < -0.39 is 35.4 Å². The first-order valence-electron chi connectivity index (χ1n) is 12.7. The molecule has 4 aliphatic heterocycles. The van der Waals surface area contributed by atoms with Gasteiger partial charge in [-0.15, -0.1) is 0 Å². The zero-order valence-electron chi connectivity index (χ0n) is 22.3. The van der Waals surface area contributed by atoms with Gasteiger partial charge in [0, 0.05) is 0 Å². The minimum atomic E-state index is -0.689. The third kappa shape index (κ3) is 5.18. The summed E-state index contributed by atoms with van der Waals surface area (Å²) in [5.41, 5.74) is 1.87. The first kappa shape index (κ1) is 26.7. The fourth-order valence-corrected chi connectivity index (χ4v) is 5.61. The minimum Gasteiger partial charge on any atom is -0.386 e. The first-order valence-corrected chi connectivity index (χ1v) is 12.7. The van der Waals surface area contributed by atoms with Crippen LogP contribution >= 0.6 is 0 Å². The molecule has 6 rings (SSSR count). The first-order chi connectivity index (χ1) is 16.5. The van der Waals surface area contributed by atoms with Crippen molar-refractivity contribution in [3.63, 3.8) is 0 Å². The van der Waals surface area contributed by atoms with Gasteiger partial charge in [0.2, 0.25) is 0 Å². The van der Waals surface area contributed by atoms with Crippen LogP contribution in [0.2, 0.25) is 0 Å². The van der Waals surface area contributed by atoms with Crippen LogP contribution in [0.15, 0.2) is 23.3 Å². The van der Waals surface area contributed by atoms with Crippen molar-refractivity contribution >= 4 is 0 Å². The molecule has 0 aromatic carbocycles. The van der Waals surface area contributed by atoms with Gasteiger partial charge in [0.15, 0.2) is 23.1 Å². The molecule has 36 heavy (non-hydrogen) atoms. The highest BCUT2D eigenvalue weighted by atomic mass is 16.8. The normalized spacial score (nSPS) is 45.1. The molecule has 10 heteroatoms. The van der Waals surface area contributed by atoms with Crippen molar-refractivity contribution in [1.29, 1.82) is 0 Å². The summed E-state index contributed by atoms with van der Waals surface area (Å²) in [6.07, 6.45) is 0.486. The monoisotopic (exact) mass is 512 g/mol. The van der Waals surface area contributed by atoms with E-state index in [9.17, 15) is 10.2 Å². The Kier molecular flexibility index (Phi) is 6.53. The van der Waals surface area contributed by atoms with E-state index in [0.29, 0.717) is 13.2 Å². The number of aliphatic hydroxyl groups excluding tert-OH is 2. The van der Waals surface area contributed by atoms with E-state index in [1.54, 1.807) is 12.2 Å². The molecule has 0 unspecified atom stereocenters. The Bertz CT molecular complexity index is 848. The number of ether oxygens (including phenoxy) is 8. The van der Waals surface area contributed by atoms with E-state index in [1.165, 1.54) is 0 Å². The van der Waals surface area contributed by atoms with Crippen molar-refractivity contribution in [2.75, 3.05) is 13.2 Å². The Labute approximate surface area is 212 Å². The molecule has 0 aromatic heterocycles. The molecule has 8 atom stereocenters. The third-order valence-corrected chi connectivity index (χ3v) is 7.09. The van der Waals surface area contributed by atoms with Crippen LogP contribution in [-0.4, -0.2) is 95.4 Å². The van der Waals surface area contributed by atoms with Crippen molar-refractivity contribution in [3.8, 4) is 0 Å². The largest absolute Gasteiger partial charge is 0.386 e. The van der Waals surface area contributed by atoms with Gasteiger partial charge in [-0.25, -0.2) is 0 Å². The highest BCUT2D eigenvalue weighted by molar-refractivity contribution is 5.25. The average molecular weight is 513 g/mol. The number of rotatable bonds is 0. The van der Waals surface area contributed by atoms with E-state index in [4.69, 9.17) is 37.9 Å². The van der Waals surface area contributed by atoms with Crippen LogP contribution in [0.1, 0.15) is 55.4 Å². The minimum absolute atomic E-state index is 0.205. The second kappa shape index (κ2) is 8.81. The zero-order valence-corrected chi connectivity index (χ0v) is 22.3. The average Bonchev–Trinajstić information content (AvgIpc) is 3.26. The summed E-state index contributed by atoms with van der Waals surface area (Å²) in [6, 6.07) is 0. The number of fused-ring (bicyclic) bond motifs is 6. The van der Waals surface area contributed by atoms with Gasteiger partial charge < -0.3 is 48.1 Å². The molecule has 0 spiro atoms. The maximum atomic E-state index is 10.1. The van der Waals surface area contributed by atoms with E-state index >= 15 is 0 Å². The lowest BCUT2D eigenvalue weighted by Gasteiger charge is -2.43. The standard InChI is InChI=1S/2C13H20O5/c2*1-12(2)15-6-7-5-8(14)10-11(9(7)16-12)18-13(3,4)17-10/h2*5,8-11,14H,6H2,1-4H3/t2*8-,9-,10+,11+/m00/s1. The topological polar surface area (TPSA) is 114 Å². The highest BCUT2D eigenvalue weighted by Gasteiger charge is 2.55. The van der Waals surface area contributed by atoms with Crippen LogP contribution in [0.25, 0.3) is 0 Å². The predicted octanol–water partition coefficient (Wildman–Crippen LogP) is 1.92. The second-order valence-corrected chi connectivity index (χ2v) is 12.0. The third-order valence-electron chi connectivity index (χ3n) is 7.09. The summed E-state index contributed by atoms with van der Waals surface area (Å²) >= 11 is 0. The Morgan fingerprint density at radius 2 is 0.861 bits per heavy atom. The van der Waals surface area contributed by atoms with Crippen LogP contribution < -0.4 is 0 Å². The van der Waals surface area contributed by atoms with Gasteiger partial charge in [0.1, 0.15) is 48.8 Å². The van der Waals surface area contributed by atoms with Crippen molar-refractivity contribution < 1.29 is 48.1 Å². The van der Waals surface area contributed by atoms with Crippen LogP contribution in [0.5, 0.6) is 0 Å². The summed E-state index contributed by atoms with van der Waals surface area (Å²) in [6.45, 7) is 15.8. The van der Waals surface area contributed by atoms with Crippen molar-refractivity contribution in [2.24, 2.45) is 0 Å². The molecule has 0 saturated carbocycles. The smallest absolute Gasteiger partial charge is 0.164 e. The maximum Gasteiger partial charge on any atom is 0.164 e. The van der Waals surface area contributed by atoms with Crippen molar-refractivity contribution in [1.82, 2.24) is 0 Å². The van der Waals surface area contributed by atoms with Crippen LogP contribution in [0.3, 0.4) is 0 Å². The molecule has 0 aromatic rings. The van der Waals surface area contributed by atoms with Crippen LogP contribution in [-0.2, 0) is 37.9 Å². The fourth-order valence-electron chi connectivity index (χ4n) is 5.61. The summed E-state index contributed by atoms with van der Waals surface area (Å²) < 4.78 is 46.3. The van der Waals surface area contributed by atoms with Gasteiger partial charge in [-0.2, -0.15) is 0 Å². The lowest BCUT2D eigenvalue weighted by atomic mass is 9.89. The van der Waals surface area contributed by atoms with Crippen molar-refractivity contribution in [2.45, 2.75) is 127 Å². The molecule has 204 valence electrons. The predicted molar refractivity (Wildman–Crippen MR) is 126 cm³/mol. The van der Waals surface area contributed by atoms with E-state index in [1.807, 2.05) is 55.4 Å². The lowest BCUT2D eigenvalue weighted by molar-refractivity contribution is -0.274. The zero-order chi connectivity index (χ0) is 26.3. The van der Waals surface area contributed by atoms with Gasteiger partial charge in [0.05, 0.1) is 13.2 Å². The molecule has 2 aliphatic carbocycles. The number of aliphatic hydroxyl groups is 2. The molecule has 10 nitrogen and oxygen atoms in total. The van der Waals surface area contributed by atoms with Gasteiger partial charge in [0.25, 0.3) is 0 Å². The number of hydrogen-bond acceptors (Lipinski definition) is 10. The van der Waals surface area contributed by atoms with E-state index in [0.717, 1.165) is 11.1 Å². The Morgan fingerprint density at radius 1 is 0.528 bits per heavy atom. The summed E-state index contributed by atoms with van der Waals surface area (Å²) in [4.78, 5) is 0. The molecular weight excluding hydrogens is 472 g/mol. The molecule has 0 radical (unpaired) electrons. The SMILES string of the molecule is CC1(C)O[C@H]2[C@H](O1)[C@H]1OC(C)(C)OCC1=C[C@@H]2O.CC1(C)O[C@H]2[C@H](O1)[C@H]1OC(C)(C)OCC1=C[C@@H]2O.